The van der Waals surface area contributed by atoms with Crippen LogP contribution < -0.4 is 5.32 Å². The highest BCUT2D eigenvalue weighted by atomic mass is 35.5. The quantitative estimate of drug-likeness (QED) is 0.421. The number of carbonyl (C=O) groups is 1. The summed E-state index contributed by atoms with van der Waals surface area (Å²) >= 11 is 25.5. The zero-order valence-electron chi connectivity index (χ0n) is 14.6. The average molecular weight is 479 g/mol. The summed E-state index contributed by atoms with van der Waals surface area (Å²) in [6.07, 6.45) is 0. The molecular weight excluding hydrogens is 464 g/mol. The number of nitrogens with one attached hydrogen (secondary N) is 1. The Kier molecular flexibility index (Phi) is 7.36. The summed E-state index contributed by atoms with van der Waals surface area (Å²) in [4.78, 5) is 17.0. The molecule has 2 aromatic carbocycles. The minimum absolute atomic E-state index is 0.124. The molecule has 0 fully saturated rings. The highest BCUT2D eigenvalue weighted by molar-refractivity contribution is 7.99. The molecule has 0 aliphatic carbocycles. The van der Waals surface area contributed by atoms with Crippen LogP contribution in [0.3, 0.4) is 0 Å². The number of carbonyl (C=O) groups excluding carboxylic acids is 1. The second kappa shape index (κ2) is 9.57. The lowest BCUT2D eigenvalue weighted by Crippen LogP contribution is -2.15. The second-order valence-electron chi connectivity index (χ2n) is 5.75. The third kappa shape index (κ3) is 5.06. The van der Waals surface area contributed by atoms with E-state index in [-0.39, 0.29) is 21.7 Å². The molecule has 0 bridgehead atoms. The Hall–Kier alpha value is -1.15. The number of rotatable bonds is 7. The summed E-state index contributed by atoms with van der Waals surface area (Å²) in [7, 11) is 1.63. The fourth-order valence-electron chi connectivity index (χ4n) is 2.56. The van der Waals surface area contributed by atoms with Crippen LogP contribution in [-0.4, -0.2) is 34.9 Å². The molecule has 0 spiro atoms. The van der Waals surface area contributed by atoms with Crippen molar-refractivity contribution >= 4 is 80.8 Å². The predicted octanol–water partition coefficient (Wildman–Crippen LogP) is 6.03. The highest BCUT2D eigenvalue weighted by Gasteiger charge is 2.15. The van der Waals surface area contributed by atoms with Crippen LogP contribution in [0.2, 0.25) is 20.1 Å². The van der Waals surface area contributed by atoms with E-state index >= 15 is 0 Å². The van der Waals surface area contributed by atoms with Crippen LogP contribution in [-0.2, 0) is 16.1 Å². The number of imidazole rings is 1. The van der Waals surface area contributed by atoms with Crippen LogP contribution in [0.1, 0.15) is 0 Å². The van der Waals surface area contributed by atoms with E-state index in [2.05, 4.69) is 10.3 Å². The van der Waals surface area contributed by atoms with E-state index in [0.29, 0.717) is 34.0 Å². The molecule has 10 heteroatoms. The van der Waals surface area contributed by atoms with E-state index in [1.807, 2.05) is 10.6 Å². The Labute approximate surface area is 186 Å². The van der Waals surface area contributed by atoms with Gasteiger partial charge in [0.1, 0.15) is 0 Å². The summed E-state index contributed by atoms with van der Waals surface area (Å²) in [5.74, 6) is -0.140. The number of ether oxygens (including phenoxy) is 1. The molecule has 1 N–H and O–H groups in total. The van der Waals surface area contributed by atoms with Gasteiger partial charge >= 0.3 is 0 Å². The molecule has 5 nitrogen and oxygen atoms in total. The van der Waals surface area contributed by atoms with Crippen molar-refractivity contribution in [2.24, 2.45) is 0 Å². The number of aromatic nitrogens is 2. The average Bonchev–Trinajstić information content (AvgIpc) is 2.97. The van der Waals surface area contributed by atoms with E-state index < -0.39 is 0 Å². The number of amides is 1. The van der Waals surface area contributed by atoms with Crippen molar-refractivity contribution in [3.63, 3.8) is 0 Å². The first kappa shape index (κ1) is 21.6. The molecule has 0 aliphatic rings. The minimum Gasteiger partial charge on any atom is -0.383 e. The van der Waals surface area contributed by atoms with Crippen molar-refractivity contribution < 1.29 is 9.53 Å². The molecule has 1 aromatic heterocycles. The van der Waals surface area contributed by atoms with Crippen molar-refractivity contribution in [3.8, 4) is 0 Å². The van der Waals surface area contributed by atoms with Crippen molar-refractivity contribution in [3.05, 3.63) is 50.4 Å². The first-order valence-corrected chi connectivity index (χ1v) is 10.6. The van der Waals surface area contributed by atoms with Gasteiger partial charge in [-0.1, -0.05) is 58.2 Å². The van der Waals surface area contributed by atoms with Gasteiger partial charge in [-0.3, -0.25) is 4.79 Å². The van der Waals surface area contributed by atoms with Crippen LogP contribution in [0.5, 0.6) is 0 Å². The fourth-order valence-corrected chi connectivity index (χ4v) is 4.48. The van der Waals surface area contributed by atoms with Gasteiger partial charge in [-0.05, 0) is 30.3 Å². The summed E-state index contributed by atoms with van der Waals surface area (Å²) in [6.45, 7) is 1.12. The number of benzene rings is 2. The molecule has 0 atom stereocenters. The van der Waals surface area contributed by atoms with Gasteiger partial charge < -0.3 is 14.6 Å². The van der Waals surface area contributed by atoms with Gasteiger partial charge in [-0.15, -0.1) is 0 Å². The van der Waals surface area contributed by atoms with Crippen molar-refractivity contribution in [1.82, 2.24) is 9.55 Å². The zero-order chi connectivity index (χ0) is 20.3. The Bertz CT molecular complexity index is 1000. The third-order valence-corrected chi connectivity index (χ3v) is 5.82. The molecule has 0 saturated heterocycles. The Morgan fingerprint density at radius 2 is 1.86 bits per heavy atom. The summed E-state index contributed by atoms with van der Waals surface area (Å²) < 4.78 is 7.18. The van der Waals surface area contributed by atoms with Gasteiger partial charge in [-0.2, -0.15) is 0 Å². The SMILES string of the molecule is COCCn1c(SCC(=O)Nc2c(Cl)cc(Cl)cc2Cl)nc2cc(Cl)ccc21. The lowest BCUT2D eigenvalue weighted by atomic mass is 10.3. The number of nitrogens with zero attached hydrogens (tertiary/aromatic N) is 2. The summed E-state index contributed by atoms with van der Waals surface area (Å²) in [6, 6.07) is 8.53. The van der Waals surface area contributed by atoms with Gasteiger partial charge in [0.15, 0.2) is 5.16 Å². The van der Waals surface area contributed by atoms with E-state index in [9.17, 15) is 4.79 Å². The molecule has 0 unspecified atom stereocenters. The number of anilines is 1. The van der Waals surface area contributed by atoms with Gasteiger partial charge in [0.2, 0.25) is 5.91 Å². The molecule has 0 radical (unpaired) electrons. The molecule has 1 heterocycles. The first-order valence-electron chi connectivity index (χ1n) is 8.11. The van der Waals surface area contributed by atoms with E-state index in [1.54, 1.807) is 19.2 Å². The molecule has 0 aliphatic heterocycles. The van der Waals surface area contributed by atoms with E-state index in [4.69, 9.17) is 51.1 Å². The maximum Gasteiger partial charge on any atom is 0.234 e. The largest absolute Gasteiger partial charge is 0.383 e. The normalized spacial score (nSPS) is 11.2. The number of fused-ring (bicyclic) bond motifs is 1. The number of thioether (sulfide) groups is 1. The summed E-state index contributed by atoms with van der Waals surface area (Å²) in [5, 5.41) is 4.96. The molecule has 0 saturated carbocycles. The Morgan fingerprint density at radius 1 is 1.14 bits per heavy atom. The molecule has 3 rings (SSSR count). The smallest absolute Gasteiger partial charge is 0.234 e. The highest BCUT2D eigenvalue weighted by Crippen LogP contribution is 2.34. The minimum atomic E-state index is -0.264. The maximum absolute atomic E-state index is 12.4. The molecule has 28 heavy (non-hydrogen) atoms. The van der Waals surface area contributed by atoms with Crippen molar-refractivity contribution in [1.29, 1.82) is 0 Å². The summed E-state index contributed by atoms with van der Waals surface area (Å²) in [5.41, 5.74) is 2.02. The Morgan fingerprint density at radius 3 is 2.54 bits per heavy atom. The molecule has 148 valence electrons. The third-order valence-electron chi connectivity index (χ3n) is 3.80. The van der Waals surface area contributed by atoms with Gasteiger partial charge in [0.25, 0.3) is 0 Å². The Balaban J connectivity index is 1.76. The number of methoxy groups -OCH3 is 1. The zero-order valence-corrected chi connectivity index (χ0v) is 18.5. The van der Waals surface area contributed by atoms with Gasteiger partial charge in [0, 0.05) is 23.7 Å². The lowest BCUT2D eigenvalue weighted by Gasteiger charge is -2.11. The van der Waals surface area contributed by atoms with Crippen LogP contribution in [0.15, 0.2) is 35.5 Å². The van der Waals surface area contributed by atoms with Gasteiger partial charge in [-0.25, -0.2) is 4.98 Å². The monoisotopic (exact) mass is 477 g/mol. The van der Waals surface area contributed by atoms with E-state index in [0.717, 1.165) is 11.0 Å². The molecule has 3 aromatic rings. The fraction of sp³-hybridized carbons (Fsp3) is 0.222. The van der Waals surface area contributed by atoms with Crippen molar-refractivity contribution in [2.45, 2.75) is 11.7 Å². The van der Waals surface area contributed by atoms with Crippen LogP contribution in [0, 0.1) is 0 Å². The van der Waals surface area contributed by atoms with Crippen LogP contribution >= 0.6 is 58.2 Å². The molecular formula is C18H15Cl4N3O2S. The maximum atomic E-state index is 12.4. The molecule has 1 amide bonds. The van der Waals surface area contributed by atoms with Crippen LogP contribution in [0.4, 0.5) is 5.69 Å². The second-order valence-corrected chi connectivity index (χ2v) is 8.38. The number of halogens is 4. The van der Waals surface area contributed by atoms with Gasteiger partial charge in [0.05, 0.1) is 39.1 Å². The predicted molar refractivity (Wildman–Crippen MR) is 117 cm³/mol. The van der Waals surface area contributed by atoms with E-state index in [1.165, 1.54) is 23.9 Å². The topological polar surface area (TPSA) is 56.1 Å². The van der Waals surface area contributed by atoms with Crippen LogP contribution in [0.25, 0.3) is 11.0 Å². The first-order chi connectivity index (χ1) is 13.4. The standard InChI is InChI=1S/C18H15Cl4N3O2S/c1-27-5-4-25-15-3-2-10(19)8-14(15)23-18(25)28-9-16(26)24-17-12(21)6-11(20)7-13(17)22/h2-3,6-8H,4-5,9H2,1H3,(H,24,26). The number of hydrogen-bond acceptors (Lipinski definition) is 4. The number of hydrogen-bond donors (Lipinski definition) is 1. The lowest BCUT2D eigenvalue weighted by molar-refractivity contribution is -0.113. The van der Waals surface area contributed by atoms with Crippen molar-refractivity contribution in [2.75, 3.05) is 24.8 Å².